The molecule has 10 rings (SSSR count). The molecule has 0 fully saturated rings. The molecule has 0 N–H and O–H groups in total. The third-order valence-electron chi connectivity index (χ3n) is 12.1. The monoisotopic (exact) mass is 918 g/mol. The van der Waals surface area contributed by atoms with Gasteiger partial charge in [0.25, 0.3) is 0 Å². The summed E-state index contributed by atoms with van der Waals surface area (Å²) in [5, 5.41) is 9.98. The van der Waals surface area contributed by atoms with Gasteiger partial charge in [-0.3, -0.25) is 0 Å². The highest BCUT2D eigenvalue weighted by Crippen LogP contribution is 2.21. The van der Waals surface area contributed by atoms with Gasteiger partial charge in [0.2, 0.25) is 9.60 Å². The Morgan fingerprint density at radius 2 is 0.687 bits per heavy atom. The number of benzene rings is 4. The highest BCUT2D eigenvalue weighted by Gasteiger charge is 2.12. The number of thiazole rings is 2. The maximum absolute atomic E-state index is 4.99. The summed E-state index contributed by atoms with van der Waals surface area (Å²) in [5.74, 6) is 0. The fraction of sp³-hybridized carbons (Fsp3) is 0.193. The van der Waals surface area contributed by atoms with Crippen molar-refractivity contribution in [2.45, 2.75) is 72.4 Å². The van der Waals surface area contributed by atoms with E-state index in [9.17, 15) is 0 Å². The summed E-state index contributed by atoms with van der Waals surface area (Å²) in [4.78, 5) is 1.87. The van der Waals surface area contributed by atoms with Crippen LogP contribution in [0.4, 0.5) is 0 Å². The lowest BCUT2D eigenvalue weighted by Gasteiger charge is -2.05. The number of fused-ring (bicyclic) bond motifs is 2. The molecule has 0 aliphatic heterocycles. The van der Waals surface area contributed by atoms with E-state index in [1.54, 1.807) is 22.7 Å². The topological polar surface area (TPSA) is 50.1 Å². The molecule has 67 heavy (non-hydrogen) atoms. The number of aromatic nitrogens is 6. The van der Waals surface area contributed by atoms with Crippen molar-refractivity contribution >= 4 is 43.1 Å². The molecule has 0 unspecified atom stereocenters. The lowest BCUT2D eigenvalue weighted by atomic mass is 10.1. The second-order valence-electron chi connectivity index (χ2n) is 16.8. The summed E-state index contributed by atoms with van der Waals surface area (Å²) >= 11 is 3.43. The van der Waals surface area contributed by atoms with Crippen molar-refractivity contribution in [3.63, 3.8) is 0 Å². The zero-order valence-electron chi connectivity index (χ0n) is 37.1. The Balaban J connectivity index is 0.00000562. The number of para-hydroxylation sites is 2. The van der Waals surface area contributed by atoms with Crippen LogP contribution in [0.2, 0.25) is 0 Å². The molecule has 0 spiro atoms. The zero-order valence-corrected chi connectivity index (χ0v) is 38.7. The zero-order chi connectivity index (χ0) is 44.3. The van der Waals surface area contributed by atoms with Crippen molar-refractivity contribution < 1.29 is 18.3 Å². The average molecular weight is 919 g/mol. The van der Waals surface area contributed by atoms with Gasteiger partial charge in [-0.1, -0.05) is 115 Å². The molecule has 4 aromatic carbocycles. The van der Waals surface area contributed by atoms with Crippen molar-refractivity contribution in [2.75, 3.05) is 0 Å². The number of unbranched alkanes of at least 4 members (excludes halogenated alkanes) is 2. The minimum Gasteiger partial charge on any atom is -0.315 e. The highest BCUT2D eigenvalue weighted by molar-refractivity contribution is 7.16. The number of rotatable bonds is 17. The third-order valence-corrected chi connectivity index (χ3v) is 14.2. The lowest BCUT2D eigenvalue weighted by Crippen LogP contribution is -2.33. The van der Waals surface area contributed by atoms with Gasteiger partial charge in [0.05, 0.1) is 20.4 Å². The van der Waals surface area contributed by atoms with Crippen LogP contribution in [0, 0.1) is 0 Å². The average Bonchev–Trinajstić information content (AvgIpc) is 3.92. The molecule has 10 heteroatoms. The van der Waals surface area contributed by atoms with Crippen LogP contribution in [-0.4, -0.2) is 9.13 Å². The first-order valence-corrected chi connectivity index (χ1v) is 24.6. The molecule has 334 valence electrons. The van der Waals surface area contributed by atoms with E-state index >= 15 is 0 Å². The van der Waals surface area contributed by atoms with E-state index in [4.69, 9.17) is 10.2 Å². The maximum Gasteiger partial charge on any atom is 0.211 e. The van der Waals surface area contributed by atoms with Crippen LogP contribution in [0.15, 0.2) is 218 Å². The van der Waals surface area contributed by atoms with Gasteiger partial charge in [-0.2, -0.15) is 0 Å². The van der Waals surface area contributed by atoms with Gasteiger partial charge < -0.3 is 9.13 Å². The number of aryl methyl sites for hydroxylation is 4. The fourth-order valence-electron chi connectivity index (χ4n) is 8.54. The molecule has 8 nitrogen and oxygen atoms in total. The molecule has 0 radical (unpaired) electrons. The van der Waals surface area contributed by atoms with Crippen molar-refractivity contribution in [1.29, 1.82) is 0 Å². The van der Waals surface area contributed by atoms with E-state index in [1.807, 2.05) is 0 Å². The first-order chi connectivity index (χ1) is 32.7. The Bertz CT molecular complexity index is 3060. The molecule has 0 saturated heterocycles. The van der Waals surface area contributed by atoms with E-state index in [0.29, 0.717) is 0 Å². The second kappa shape index (κ2) is 21.9. The summed E-state index contributed by atoms with van der Waals surface area (Å²) in [7, 11) is 0. The Morgan fingerprint density at radius 1 is 0.358 bits per heavy atom. The first kappa shape index (κ1) is 45.0. The summed E-state index contributed by atoms with van der Waals surface area (Å²) in [6, 6.07) is 56.1. The van der Waals surface area contributed by atoms with E-state index in [0.717, 1.165) is 74.6 Å². The predicted molar refractivity (Wildman–Crippen MR) is 272 cm³/mol. The smallest absolute Gasteiger partial charge is 0.211 e. The quantitative estimate of drug-likeness (QED) is 0.0497. The third kappa shape index (κ3) is 11.3. The molecule has 0 aliphatic rings. The number of hydrogen-bond donors (Lipinski definition) is 0. The van der Waals surface area contributed by atoms with Crippen molar-refractivity contribution in [2.24, 2.45) is 10.2 Å². The SMILES string of the molecule is C.c1ccc(C[n+]2ccc(-c3cc[n+](CCCCn4/c(=N/N=c5\sc6ccccc6n5CCCC[n+]5ccc(-c6cc[n+](Cc7ccccc7)cc6)cc5)sc5ccccc54)cc3)cc2)cc1. The van der Waals surface area contributed by atoms with Crippen LogP contribution >= 0.6 is 22.7 Å². The maximum atomic E-state index is 4.99. The van der Waals surface area contributed by atoms with E-state index in [1.165, 1.54) is 53.8 Å². The van der Waals surface area contributed by atoms with Crippen LogP contribution in [0.5, 0.6) is 0 Å². The van der Waals surface area contributed by atoms with Crippen molar-refractivity contribution in [1.82, 2.24) is 9.13 Å². The summed E-state index contributed by atoms with van der Waals surface area (Å²) in [6.07, 6.45) is 21.7. The Kier molecular flexibility index (Phi) is 14.7. The van der Waals surface area contributed by atoms with Crippen molar-refractivity contribution in [3.05, 3.63) is 228 Å². The molecule has 0 saturated carbocycles. The summed E-state index contributed by atoms with van der Waals surface area (Å²) in [6.45, 7) is 5.43. The molecule has 6 heterocycles. The van der Waals surface area contributed by atoms with Crippen LogP contribution < -0.4 is 27.9 Å². The molecule has 0 bridgehead atoms. The van der Waals surface area contributed by atoms with Gasteiger partial charge in [-0.05, 0) is 59.4 Å². The predicted octanol–water partition coefficient (Wildman–Crippen LogP) is 10.3. The van der Waals surface area contributed by atoms with Gasteiger partial charge in [-0.25, -0.2) is 18.3 Å². The van der Waals surface area contributed by atoms with Gasteiger partial charge in [0.15, 0.2) is 62.7 Å². The number of hydrogen-bond acceptors (Lipinski definition) is 4. The van der Waals surface area contributed by atoms with Gasteiger partial charge >= 0.3 is 0 Å². The molecule has 0 amide bonds. The molecule has 10 aromatic rings. The summed E-state index contributed by atoms with van der Waals surface area (Å²) in [5.41, 5.74) is 9.94. The first-order valence-electron chi connectivity index (χ1n) is 23.0. The van der Waals surface area contributed by atoms with Crippen LogP contribution in [0.1, 0.15) is 44.2 Å². The normalized spacial score (nSPS) is 11.9. The Morgan fingerprint density at radius 3 is 1.06 bits per heavy atom. The standard InChI is InChI=1S/C56H54N8S2.CH4/c1-3-15-45(16-4-1)43-61-39-27-49(28-40-61)47-23-35-59(36-24-47)31-11-13-33-63-51-19-7-9-21-53(51)65-55(63)57-58-56-64(52-20-8-10-22-54(52)66-56)34-14-12-32-60-37-25-48(26-38-60)50-29-41-62(42-30-50)44-46-17-5-2-6-18-46;/h1-10,15-30,35-42H,11-14,31-34,43-44H2;1H4/q+4;/b57-55-,58-56-;. The second-order valence-corrected chi connectivity index (χ2v) is 18.8. The molecular weight excluding hydrogens is 861 g/mol. The number of nitrogens with zero attached hydrogens (tertiary/aromatic N) is 8. The molecule has 0 aliphatic carbocycles. The van der Waals surface area contributed by atoms with Gasteiger partial charge in [-0.15, -0.1) is 10.2 Å². The van der Waals surface area contributed by atoms with Gasteiger partial charge in [0.1, 0.15) is 13.1 Å². The number of pyridine rings is 4. The van der Waals surface area contributed by atoms with Gasteiger partial charge in [0, 0.05) is 85.6 Å². The minimum atomic E-state index is 0. The van der Waals surface area contributed by atoms with E-state index in [2.05, 4.69) is 235 Å². The Labute approximate surface area is 401 Å². The minimum absolute atomic E-state index is 0. The fourth-order valence-corrected chi connectivity index (χ4v) is 10.6. The van der Waals surface area contributed by atoms with E-state index < -0.39 is 0 Å². The van der Waals surface area contributed by atoms with Crippen molar-refractivity contribution in [3.8, 4) is 22.3 Å². The van der Waals surface area contributed by atoms with E-state index in [-0.39, 0.29) is 7.43 Å². The largest absolute Gasteiger partial charge is 0.315 e. The molecular formula is C57H58N8S2+4. The van der Waals surface area contributed by atoms with Crippen LogP contribution in [0.3, 0.4) is 0 Å². The van der Waals surface area contributed by atoms with Crippen LogP contribution in [-0.2, 0) is 39.3 Å². The lowest BCUT2D eigenvalue weighted by molar-refractivity contribution is -0.697. The molecule has 6 aromatic heterocycles. The molecule has 0 atom stereocenters. The summed E-state index contributed by atoms with van der Waals surface area (Å²) < 4.78 is 16.2. The van der Waals surface area contributed by atoms with Crippen LogP contribution in [0.25, 0.3) is 42.7 Å². The Hall–Kier alpha value is -7.14. The highest BCUT2D eigenvalue weighted by atomic mass is 32.1.